The van der Waals surface area contributed by atoms with Crippen LogP contribution in [0.15, 0.2) is 84.9 Å². The van der Waals surface area contributed by atoms with Crippen LogP contribution in [0.2, 0.25) is 0 Å². The Kier molecular flexibility index (Phi) is 10.7. The van der Waals surface area contributed by atoms with E-state index in [-0.39, 0.29) is 18.5 Å². The number of rotatable bonds is 13. The van der Waals surface area contributed by atoms with Gasteiger partial charge in [-0.05, 0) is 42.5 Å². The Bertz CT molecular complexity index is 1330. The number of hydrogen-bond acceptors (Lipinski definition) is 4. The van der Waals surface area contributed by atoms with Crippen LogP contribution < -0.4 is 9.62 Å². The fourth-order valence-electron chi connectivity index (χ4n) is 4.42. The maximum absolute atomic E-state index is 14.1. The maximum Gasteiger partial charge on any atom is 0.244 e. The van der Waals surface area contributed by atoms with E-state index < -0.39 is 28.5 Å². The van der Waals surface area contributed by atoms with Crippen LogP contribution in [0.25, 0.3) is 0 Å². The minimum atomic E-state index is -3.79. The normalized spacial score (nSPS) is 12.8. The van der Waals surface area contributed by atoms with Crippen molar-refractivity contribution in [1.82, 2.24) is 10.2 Å². The van der Waals surface area contributed by atoms with Crippen molar-refractivity contribution in [1.29, 1.82) is 0 Å². The molecule has 3 aromatic carbocycles. The van der Waals surface area contributed by atoms with Gasteiger partial charge in [0.15, 0.2) is 0 Å². The van der Waals surface area contributed by atoms with E-state index in [1.807, 2.05) is 93.6 Å². The van der Waals surface area contributed by atoms with E-state index in [0.717, 1.165) is 33.7 Å². The van der Waals surface area contributed by atoms with E-state index in [2.05, 4.69) is 5.32 Å². The molecule has 2 unspecified atom stereocenters. The summed E-state index contributed by atoms with van der Waals surface area (Å²) in [7, 11) is -3.79. The van der Waals surface area contributed by atoms with Gasteiger partial charge in [0, 0.05) is 19.0 Å². The average molecular weight is 550 g/mol. The molecule has 0 radical (unpaired) electrons. The first-order valence-electron chi connectivity index (χ1n) is 13.4. The van der Waals surface area contributed by atoms with Crippen molar-refractivity contribution in [3.8, 4) is 0 Å². The molecule has 0 fully saturated rings. The molecular weight excluding hydrogens is 510 g/mol. The summed E-state index contributed by atoms with van der Waals surface area (Å²) in [5.74, 6) is -0.715. The lowest BCUT2D eigenvalue weighted by molar-refractivity contribution is -0.140. The zero-order chi connectivity index (χ0) is 28.4. The number of carbonyl (C=O) groups is 2. The first-order chi connectivity index (χ1) is 18.6. The van der Waals surface area contributed by atoms with Gasteiger partial charge in [-0.1, -0.05) is 92.7 Å². The van der Waals surface area contributed by atoms with Crippen LogP contribution in [0.3, 0.4) is 0 Å². The Morgan fingerprint density at radius 1 is 0.846 bits per heavy atom. The minimum absolute atomic E-state index is 0.0756. The van der Waals surface area contributed by atoms with Gasteiger partial charge in [0.2, 0.25) is 21.8 Å². The number of para-hydroxylation sites is 1. The molecule has 8 heteroatoms. The van der Waals surface area contributed by atoms with Crippen molar-refractivity contribution in [2.75, 3.05) is 17.1 Å². The van der Waals surface area contributed by atoms with Gasteiger partial charge in [0.05, 0.1) is 11.9 Å². The Morgan fingerprint density at radius 2 is 1.41 bits per heavy atom. The minimum Gasteiger partial charge on any atom is -0.352 e. The summed E-state index contributed by atoms with van der Waals surface area (Å²) in [5, 5.41) is 3.04. The Labute approximate surface area is 232 Å². The number of benzene rings is 3. The molecule has 0 aliphatic carbocycles. The molecule has 1 N–H and O–H groups in total. The highest BCUT2D eigenvalue weighted by atomic mass is 32.2. The third-order valence-corrected chi connectivity index (χ3v) is 7.91. The average Bonchev–Trinajstić information content (AvgIpc) is 2.93. The van der Waals surface area contributed by atoms with E-state index in [0.29, 0.717) is 18.5 Å². The quantitative estimate of drug-likeness (QED) is 0.338. The van der Waals surface area contributed by atoms with Gasteiger partial charge in [0.25, 0.3) is 0 Å². The van der Waals surface area contributed by atoms with E-state index in [1.165, 1.54) is 4.90 Å². The zero-order valence-corrected chi connectivity index (χ0v) is 24.0. The Morgan fingerprint density at radius 3 is 1.97 bits per heavy atom. The van der Waals surface area contributed by atoms with Crippen LogP contribution in [0.4, 0.5) is 5.69 Å². The van der Waals surface area contributed by atoms with Gasteiger partial charge in [0.1, 0.15) is 12.6 Å². The summed E-state index contributed by atoms with van der Waals surface area (Å²) in [6, 6.07) is 25.3. The standard InChI is InChI=1S/C31H39N3O4S/c1-5-24(3)32-31(36)29(21-25-15-9-7-10-16-25)33(22-26-17-11-8-12-18-26)30(35)23-34(39(4,37)38)28-20-14-13-19-27(28)6-2/h7-20,24,29H,5-6,21-23H2,1-4H3,(H,32,36). The van der Waals surface area contributed by atoms with Crippen molar-refractivity contribution in [2.24, 2.45) is 0 Å². The predicted molar refractivity (Wildman–Crippen MR) is 157 cm³/mol. The second-order valence-electron chi connectivity index (χ2n) is 9.78. The fraction of sp³-hybridized carbons (Fsp3) is 0.355. The lowest BCUT2D eigenvalue weighted by Crippen LogP contribution is -2.54. The monoisotopic (exact) mass is 549 g/mol. The van der Waals surface area contributed by atoms with E-state index >= 15 is 0 Å². The molecule has 3 aromatic rings. The molecule has 2 amide bonds. The molecule has 208 valence electrons. The van der Waals surface area contributed by atoms with Crippen LogP contribution >= 0.6 is 0 Å². The highest BCUT2D eigenvalue weighted by Crippen LogP contribution is 2.24. The molecule has 0 spiro atoms. The van der Waals surface area contributed by atoms with Crippen molar-refractivity contribution >= 4 is 27.5 Å². The SMILES string of the molecule is CCc1ccccc1N(CC(=O)N(Cc1ccccc1)C(Cc1ccccc1)C(=O)NC(C)CC)S(C)(=O)=O. The van der Waals surface area contributed by atoms with Gasteiger partial charge in [-0.15, -0.1) is 0 Å². The third kappa shape index (κ3) is 8.42. The lowest BCUT2D eigenvalue weighted by atomic mass is 10.0. The number of aryl methyl sites for hydroxylation is 1. The first-order valence-corrected chi connectivity index (χ1v) is 15.2. The van der Waals surface area contributed by atoms with Gasteiger partial charge in [-0.3, -0.25) is 13.9 Å². The molecule has 0 heterocycles. The number of amides is 2. The Hall–Kier alpha value is -3.65. The number of anilines is 1. The number of carbonyl (C=O) groups excluding carboxylic acids is 2. The van der Waals surface area contributed by atoms with E-state index in [4.69, 9.17) is 0 Å². The second kappa shape index (κ2) is 13.9. The van der Waals surface area contributed by atoms with Crippen LogP contribution in [-0.4, -0.2) is 50.0 Å². The highest BCUT2D eigenvalue weighted by Gasteiger charge is 2.33. The molecule has 3 rings (SSSR count). The highest BCUT2D eigenvalue weighted by molar-refractivity contribution is 7.92. The van der Waals surface area contributed by atoms with Gasteiger partial charge in [-0.25, -0.2) is 8.42 Å². The van der Waals surface area contributed by atoms with Crippen molar-refractivity contribution in [3.05, 3.63) is 102 Å². The molecule has 0 saturated carbocycles. The number of nitrogens with zero attached hydrogens (tertiary/aromatic N) is 2. The summed E-state index contributed by atoms with van der Waals surface area (Å²) < 4.78 is 27.1. The molecule has 0 bridgehead atoms. The van der Waals surface area contributed by atoms with Crippen LogP contribution in [0.5, 0.6) is 0 Å². The van der Waals surface area contributed by atoms with Crippen molar-refractivity contribution in [2.45, 2.75) is 58.7 Å². The lowest BCUT2D eigenvalue weighted by Gasteiger charge is -2.34. The van der Waals surface area contributed by atoms with Gasteiger partial charge >= 0.3 is 0 Å². The predicted octanol–water partition coefficient (Wildman–Crippen LogP) is 4.57. The fourth-order valence-corrected chi connectivity index (χ4v) is 5.30. The molecule has 0 aliphatic rings. The number of sulfonamides is 1. The van der Waals surface area contributed by atoms with Crippen molar-refractivity contribution in [3.63, 3.8) is 0 Å². The maximum atomic E-state index is 14.1. The van der Waals surface area contributed by atoms with Crippen molar-refractivity contribution < 1.29 is 18.0 Å². The molecule has 0 aromatic heterocycles. The first kappa shape index (κ1) is 29.9. The molecular formula is C31H39N3O4S. The summed E-state index contributed by atoms with van der Waals surface area (Å²) in [6.07, 6.45) is 2.75. The van der Waals surface area contributed by atoms with E-state index in [1.54, 1.807) is 12.1 Å². The van der Waals surface area contributed by atoms with Crippen LogP contribution in [0, 0.1) is 0 Å². The molecule has 7 nitrogen and oxygen atoms in total. The molecule has 0 saturated heterocycles. The van der Waals surface area contributed by atoms with Crippen LogP contribution in [-0.2, 0) is 39.0 Å². The van der Waals surface area contributed by atoms with Gasteiger partial charge in [-0.2, -0.15) is 0 Å². The Balaban J connectivity index is 2.06. The van der Waals surface area contributed by atoms with E-state index in [9.17, 15) is 18.0 Å². The molecule has 2 atom stereocenters. The topological polar surface area (TPSA) is 86.8 Å². The van der Waals surface area contributed by atoms with Crippen LogP contribution in [0.1, 0.15) is 43.9 Å². The third-order valence-electron chi connectivity index (χ3n) is 6.79. The summed E-state index contributed by atoms with van der Waals surface area (Å²) in [4.78, 5) is 29.3. The molecule has 0 aliphatic heterocycles. The number of hydrogen-bond donors (Lipinski definition) is 1. The smallest absolute Gasteiger partial charge is 0.244 e. The summed E-state index contributed by atoms with van der Waals surface area (Å²) in [5.41, 5.74) is 3.05. The zero-order valence-electron chi connectivity index (χ0n) is 23.2. The second-order valence-corrected chi connectivity index (χ2v) is 11.7. The van der Waals surface area contributed by atoms with Gasteiger partial charge < -0.3 is 10.2 Å². The molecule has 39 heavy (non-hydrogen) atoms. The largest absolute Gasteiger partial charge is 0.352 e. The summed E-state index contributed by atoms with van der Waals surface area (Å²) >= 11 is 0. The summed E-state index contributed by atoms with van der Waals surface area (Å²) in [6.45, 7) is 5.60. The number of nitrogens with one attached hydrogen (secondary N) is 1.